The Hall–Kier alpha value is -2.24. The van der Waals surface area contributed by atoms with Crippen LogP contribution < -0.4 is 14.2 Å². The second-order valence-corrected chi connectivity index (χ2v) is 8.25. The normalized spacial score (nSPS) is 18.9. The SMILES string of the molecule is COc1ccc(CCN2CCC[C@H](CN(C)Cc3cccc4c3OCO4)C2)cc1. The molecule has 2 heterocycles. The van der Waals surface area contributed by atoms with Gasteiger partial charge in [0.2, 0.25) is 6.79 Å². The molecule has 2 aliphatic rings. The summed E-state index contributed by atoms with van der Waals surface area (Å²) in [5.41, 5.74) is 2.60. The Morgan fingerprint density at radius 1 is 1.14 bits per heavy atom. The highest BCUT2D eigenvalue weighted by molar-refractivity contribution is 5.48. The molecule has 2 aromatic rings. The van der Waals surface area contributed by atoms with Crippen LogP contribution in [0.4, 0.5) is 0 Å². The van der Waals surface area contributed by atoms with Crippen molar-refractivity contribution < 1.29 is 14.2 Å². The van der Waals surface area contributed by atoms with E-state index >= 15 is 0 Å². The van der Waals surface area contributed by atoms with E-state index in [9.17, 15) is 0 Å². The third-order valence-corrected chi connectivity index (χ3v) is 5.97. The van der Waals surface area contributed by atoms with Gasteiger partial charge in [-0.05, 0) is 62.5 Å². The van der Waals surface area contributed by atoms with Gasteiger partial charge < -0.3 is 24.0 Å². The van der Waals surface area contributed by atoms with Crippen LogP contribution in [-0.2, 0) is 13.0 Å². The molecule has 5 heteroatoms. The molecular weight excluding hydrogens is 364 g/mol. The van der Waals surface area contributed by atoms with Gasteiger partial charge in [0, 0.05) is 31.7 Å². The molecule has 5 nitrogen and oxygen atoms in total. The summed E-state index contributed by atoms with van der Waals surface area (Å²) in [6, 6.07) is 14.6. The van der Waals surface area contributed by atoms with E-state index in [0.29, 0.717) is 6.79 Å². The first-order valence-electron chi connectivity index (χ1n) is 10.6. The largest absolute Gasteiger partial charge is 0.497 e. The Balaban J connectivity index is 1.25. The minimum atomic E-state index is 0.335. The number of rotatable bonds is 8. The third-order valence-electron chi connectivity index (χ3n) is 5.97. The van der Waals surface area contributed by atoms with Crippen LogP contribution in [0.2, 0.25) is 0 Å². The van der Waals surface area contributed by atoms with Crippen molar-refractivity contribution in [3.05, 3.63) is 53.6 Å². The van der Waals surface area contributed by atoms with Crippen molar-refractivity contribution in [2.75, 3.05) is 47.1 Å². The Morgan fingerprint density at radius 2 is 2.00 bits per heavy atom. The van der Waals surface area contributed by atoms with E-state index in [0.717, 1.165) is 49.2 Å². The number of fused-ring (bicyclic) bond motifs is 1. The highest BCUT2D eigenvalue weighted by Gasteiger charge is 2.23. The standard InChI is InChI=1S/C24H32N2O3/c1-25(17-21-6-3-7-23-24(21)29-18-28-23)15-20-5-4-13-26(16-20)14-12-19-8-10-22(27-2)11-9-19/h3,6-11,20H,4-5,12-18H2,1-2H3/t20-/m1/s1. The fourth-order valence-corrected chi connectivity index (χ4v) is 4.49. The molecule has 0 unspecified atom stereocenters. The maximum atomic E-state index is 5.66. The van der Waals surface area contributed by atoms with Gasteiger partial charge in [-0.1, -0.05) is 24.3 Å². The lowest BCUT2D eigenvalue weighted by Gasteiger charge is -2.35. The molecule has 0 aromatic heterocycles. The molecule has 0 saturated carbocycles. The van der Waals surface area contributed by atoms with E-state index in [2.05, 4.69) is 53.2 Å². The first kappa shape index (κ1) is 20.0. The highest BCUT2D eigenvalue weighted by Crippen LogP contribution is 2.36. The van der Waals surface area contributed by atoms with E-state index in [1.54, 1.807) is 7.11 Å². The van der Waals surface area contributed by atoms with Gasteiger partial charge in [-0.15, -0.1) is 0 Å². The quantitative estimate of drug-likeness (QED) is 0.678. The molecule has 2 aromatic carbocycles. The van der Waals surface area contributed by atoms with E-state index in [1.807, 2.05) is 6.07 Å². The first-order valence-corrected chi connectivity index (χ1v) is 10.6. The van der Waals surface area contributed by atoms with Crippen LogP contribution in [0.15, 0.2) is 42.5 Å². The highest BCUT2D eigenvalue weighted by atomic mass is 16.7. The number of benzene rings is 2. The average molecular weight is 397 g/mol. The number of hydrogen-bond acceptors (Lipinski definition) is 5. The molecule has 156 valence electrons. The smallest absolute Gasteiger partial charge is 0.231 e. The minimum absolute atomic E-state index is 0.335. The molecule has 0 radical (unpaired) electrons. The van der Waals surface area contributed by atoms with E-state index in [-0.39, 0.29) is 0 Å². The van der Waals surface area contributed by atoms with Crippen molar-refractivity contribution >= 4 is 0 Å². The maximum Gasteiger partial charge on any atom is 0.231 e. The molecule has 29 heavy (non-hydrogen) atoms. The minimum Gasteiger partial charge on any atom is -0.497 e. The van der Waals surface area contributed by atoms with Crippen LogP contribution in [0.25, 0.3) is 0 Å². The summed E-state index contributed by atoms with van der Waals surface area (Å²) >= 11 is 0. The zero-order chi connectivity index (χ0) is 20.1. The molecular formula is C24H32N2O3. The lowest BCUT2D eigenvalue weighted by Crippen LogP contribution is -2.40. The third kappa shape index (κ3) is 5.22. The molecule has 4 rings (SSSR count). The van der Waals surface area contributed by atoms with Gasteiger partial charge in [-0.2, -0.15) is 0 Å². The lowest BCUT2D eigenvalue weighted by atomic mass is 9.97. The van der Waals surface area contributed by atoms with Gasteiger partial charge in [-0.25, -0.2) is 0 Å². The zero-order valence-electron chi connectivity index (χ0n) is 17.6. The van der Waals surface area contributed by atoms with Crippen molar-refractivity contribution in [3.63, 3.8) is 0 Å². The predicted octanol–water partition coefficient (Wildman–Crippen LogP) is 3.81. The predicted molar refractivity (Wildman–Crippen MR) is 115 cm³/mol. The average Bonchev–Trinajstić information content (AvgIpc) is 3.23. The number of hydrogen-bond donors (Lipinski definition) is 0. The Kier molecular flexibility index (Phi) is 6.57. The van der Waals surface area contributed by atoms with Gasteiger partial charge in [0.25, 0.3) is 0 Å². The summed E-state index contributed by atoms with van der Waals surface area (Å²) in [5, 5.41) is 0. The Morgan fingerprint density at radius 3 is 2.83 bits per heavy atom. The number of para-hydroxylation sites is 1. The van der Waals surface area contributed by atoms with Crippen molar-refractivity contribution in [3.8, 4) is 17.2 Å². The monoisotopic (exact) mass is 396 g/mol. The topological polar surface area (TPSA) is 34.2 Å². The summed E-state index contributed by atoms with van der Waals surface area (Å²) < 4.78 is 16.4. The zero-order valence-corrected chi connectivity index (χ0v) is 17.6. The summed E-state index contributed by atoms with van der Waals surface area (Å²) in [6.07, 6.45) is 3.70. The first-order chi connectivity index (χ1) is 14.2. The number of nitrogens with zero attached hydrogens (tertiary/aromatic N) is 2. The Labute approximate surface area is 174 Å². The maximum absolute atomic E-state index is 5.66. The summed E-state index contributed by atoms with van der Waals surface area (Å²) in [7, 11) is 3.93. The van der Waals surface area contributed by atoms with Crippen LogP contribution in [0.3, 0.4) is 0 Å². The van der Waals surface area contributed by atoms with Gasteiger partial charge in [-0.3, -0.25) is 0 Å². The van der Waals surface area contributed by atoms with Crippen molar-refractivity contribution in [2.24, 2.45) is 5.92 Å². The molecule has 1 fully saturated rings. The summed E-state index contributed by atoms with van der Waals surface area (Å²) in [4.78, 5) is 5.05. The van der Waals surface area contributed by atoms with Crippen LogP contribution >= 0.6 is 0 Å². The van der Waals surface area contributed by atoms with E-state index in [1.165, 1.54) is 37.1 Å². The van der Waals surface area contributed by atoms with Crippen molar-refractivity contribution in [1.29, 1.82) is 0 Å². The van der Waals surface area contributed by atoms with Gasteiger partial charge in [0.1, 0.15) is 5.75 Å². The molecule has 1 saturated heterocycles. The summed E-state index contributed by atoms with van der Waals surface area (Å²) in [5.74, 6) is 3.44. The summed E-state index contributed by atoms with van der Waals surface area (Å²) in [6.45, 7) is 5.88. The molecule has 0 bridgehead atoms. The lowest BCUT2D eigenvalue weighted by molar-refractivity contribution is 0.141. The molecule has 0 N–H and O–H groups in total. The number of likely N-dealkylation sites (tertiary alicyclic amines) is 1. The van der Waals surface area contributed by atoms with Crippen LogP contribution in [0.5, 0.6) is 17.2 Å². The van der Waals surface area contributed by atoms with Gasteiger partial charge in [0.05, 0.1) is 7.11 Å². The molecule has 0 spiro atoms. The number of methoxy groups -OCH3 is 1. The van der Waals surface area contributed by atoms with E-state index in [4.69, 9.17) is 14.2 Å². The van der Waals surface area contributed by atoms with Gasteiger partial charge >= 0.3 is 0 Å². The van der Waals surface area contributed by atoms with Crippen molar-refractivity contribution in [2.45, 2.75) is 25.8 Å². The number of ether oxygens (including phenoxy) is 3. The molecule has 1 atom stereocenters. The molecule has 2 aliphatic heterocycles. The van der Waals surface area contributed by atoms with Crippen molar-refractivity contribution in [1.82, 2.24) is 9.80 Å². The van der Waals surface area contributed by atoms with Crippen LogP contribution in [-0.4, -0.2) is 56.9 Å². The Bertz CT molecular complexity index is 793. The fourth-order valence-electron chi connectivity index (χ4n) is 4.49. The van der Waals surface area contributed by atoms with E-state index < -0.39 is 0 Å². The van der Waals surface area contributed by atoms with Gasteiger partial charge in [0.15, 0.2) is 11.5 Å². The molecule has 0 aliphatic carbocycles. The second kappa shape index (κ2) is 9.51. The number of piperidine rings is 1. The van der Waals surface area contributed by atoms with Crippen LogP contribution in [0.1, 0.15) is 24.0 Å². The fraction of sp³-hybridized carbons (Fsp3) is 0.500. The second-order valence-electron chi connectivity index (χ2n) is 8.25. The van der Waals surface area contributed by atoms with Crippen LogP contribution in [0, 0.1) is 5.92 Å². The molecule has 0 amide bonds.